The van der Waals surface area contributed by atoms with Crippen LogP contribution in [0.1, 0.15) is 34.8 Å². The average molecular weight is 408 g/mol. The normalized spacial score (nSPS) is 15.8. The number of methoxy groups -OCH3 is 2. The Morgan fingerprint density at radius 1 is 1.20 bits per heavy atom. The van der Waals surface area contributed by atoms with Gasteiger partial charge in [-0.1, -0.05) is 29.8 Å². The van der Waals surface area contributed by atoms with Crippen LogP contribution in [0, 0.1) is 6.92 Å². The summed E-state index contributed by atoms with van der Waals surface area (Å²) in [5, 5.41) is 4.22. The number of benzene rings is 2. The molecule has 6 nitrogen and oxygen atoms in total. The van der Waals surface area contributed by atoms with Crippen molar-refractivity contribution >= 4 is 16.9 Å². The van der Waals surface area contributed by atoms with Gasteiger partial charge in [-0.2, -0.15) is 0 Å². The fourth-order valence-electron chi connectivity index (χ4n) is 4.22. The molecular weight excluding hydrogens is 378 g/mol. The molecule has 0 saturated heterocycles. The summed E-state index contributed by atoms with van der Waals surface area (Å²) in [5.41, 5.74) is 5.72. The number of hydrogen-bond acceptors (Lipinski definition) is 3. The Balaban J connectivity index is 1.72. The molecule has 1 aliphatic heterocycles. The first-order valence-corrected chi connectivity index (χ1v) is 10.4. The van der Waals surface area contributed by atoms with Crippen molar-refractivity contribution in [2.45, 2.75) is 25.8 Å². The van der Waals surface area contributed by atoms with Gasteiger partial charge >= 0.3 is 6.03 Å². The highest BCUT2D eigenvalue weighted by molar-refractivity contribution is 5.87. The van der Waals surface area contributed by atoms with E-state index in [1.165, 1.54) is 16.5 Å². The summed E-state index contributed by atoms with van der Waals surface area (Å²) in [6, 6.07) is 14.3. The molecule has 6 heteroatoms. The number of aromatic nitrogens is 1. The Morgan fingerprint density at radius 2 is 2.00 bits per heavy atom. The van der Waals surface area contributed by atoms with E-state index in [0.717, 1.165) is 35.4 Å². The lowest BCUT2D eigenvalue weighted by Crippen LogP contribution is -2.46. The number of fused-ring (bicyclic) bond motifs is 3. The van der Waals surface area contributed by atoms with Gasteiger partial charge in [0.1, 0.15) is 5.75 Å². The van der Waals surface area contributed by atoms with Crippen molar-refractivity contribution in [3.8, 4) is 5.75 Å². The second-order valence-corrected chi connectivity index (χ2v) is 7.76. The first-order valence-electron chi connectivity index (χ1n) is 10.4. The lowest BCUT2D eigenvalue weighted by Gasteiger charge is -2.36. The van der Waals surface area contributed by atoms with E-state index in [0.29, 0.717) is 19.7 Å². The summed E-state index contributed by atoms with van der Waals surface area (Å²) in [7, 11) is 3.36. The van der Waals surface area contributed by atoms with E-state index in [9.17, 15) is 4.79 Å². The number of ether oxygens (including phenoxy) is 2. The number of nitrogens with one attached hydrogen (secondary N) is 2. The number of carbonyl (C=O) groups excluding carboxylic acids is 1. The zero-order valence-corrected chi connectivity index (χ0v) is 17.8. The summed E-state index contributed by atoms with van der Waals surface area (Å²) in [4.78, 5) is 18.6. The van der Waals surface area contributed by atoms with E-state index in [2.05, 4.69) is 47.6 Å². The Bertz CT molecular complexity index is 1030. The van der Waals surface area contributed by atoms with Crippen molar-refractivity contribution in [1.29, 1.82) is 0 Å². The van der Waals surface area contributed by atoms with Crippen LogP contribution in [0.15, 0.2) is 42.5 Å². The third kappa shape index (κ3) is 3.87. The number of urea groups is 1. The highest BCUT2D eigenvalue weighted by atomic mass is 16.5. The first kappa shape index (κ1) is 20.3. The minimum atomic E-state index is -0.157. The molecule has 1 aromatic heterocycles. The zero-order chi connectivity index (χ0) is 21.1. The van der Waals surface area contributed by atoms with Crippen LogP contribution in [-0.2, 0) is 11.2 Å². The molecule has 158 valence electrons. The summed E-state index contributed by atoms with van der Waals surface area (Å²) in [6.45, 7) is 3.97. The van der Waals surface area contributed by atoms with Crippen molar-refractivity contribution in [1.82, 2.24) is 15.2 Å². The van der Waals surface area contributed by atoms with Crippen LogP contribution in [0.4, 0.5) is 4.79 Å². The maximum absolute atomic E-state index is 13.1. The smallest absolute Gasteiger partial charge is 0.318 e. The topological polar surface area (TPSA) is 66.6 Å². The van der Waals surface area contributed by atoms with Gasteiger partial charge in [0.05, 0.1) is 13.2 Å². The molecule has 0 bridgehead atoms. The third-order valence-electron chi connectivity index (χ3n) is 5.79. The molecule has 30 heavy (non-hydrogen) atoms. The molecular formula is C24H29N3O3. The molecule has 0 fully saturated rings. The van der Waals surface area contributed by atoms with Crippen LogP contribution in [-0.4, -0.2) is 49.8 Å². The lowest BCUT2D eigenvalue weighted by atomic mass is 9.92. The largest absolute Gasteiger partial charge is 0.497 e. The predicted molar refractivity (Wildman–Crippen MR) is 118 cm³/mol. The van der Waals surface area contributed by atoms with Crippen molar-refractivity contribution in [2.75, 3.05) is 33.9 Å². The van der Waals surface area contributed by atoms with Crippen LogP contribution >= 0.6 is 0 Å². The molecule has 2 aromatic carbocycles. The number of H-pyrrole nitrogens is 1. The molecule has 0 radical (unpaired) electrons. The average Bonchev–Trinajstić information content (AvgIpc) is 3.14. The van der Waals surface area contributed by atoms with Gasteiger partial charge in [-0.25, -0.2) is 4.79 Å². The van der Waals surface area contributed by atoms with E-state index in [4.69, 9.17) is 9.47 Å². The van der Waals surface area contributed by atoms with Gasteiger partial charge in [0.15, 0.2) is 0 Å². The molecule has 2 N–H and O–H groups in total. The van der Waals surface area contributed by atoms with Gasteiger partial charge in [0.2, 0.25) is 0 Å². The van der Waals surface area contributed by atoms with Gasteiger partial charge in [-0.15, -0.1) is 0 Å². The molecule has 4 rings (SSSR count). The van der Waals surface area contributed by atoms with Crippen molar-refractivity contribution in [2.24, 2.45) is 0 Å². The Kier molecular flexibility index (Phi) is 5.95. The van der Waals surface area contributed by atoms with Gasteiger partial charge in [0, 0.05) is 43.4 Å². The molecule has 0 spiro atoms. The van der Waals surface area contributed by atoms with Gasteiger partial charge in [0.25, 0.3) is 0 Å². The number of nitrogens with zero attached hydrogens (tertiary/aromatic N) is 1. The summed E-state index contributed by atoms with van der Waals surface area (Å²) >= 11 is 0. The number of aromatic amines is 1. The SMILES string of the molecule is COCCCNC(=O)N1CCc2c([nH]c3ccc(OC)cc23)C1c1ccc(C)cc1. The summed E-state index contributed by atoms with van der Waals surface area (Å²) in [5.74, 6) is 0.842. The van der Waals surface area contributed by atoms with Crippen LogP contribution in [0.2, 0.25) is 0 Å². The van der Waals surface area contributed by atoms with Crippen molar-refractivity contribution in [3.05, 3.63) is 64.8 Å². The fourth-order valence-corrected chi connectivity index (χ4v) is 4.22. The van der Waals surface area contributed by atoms with E-state index in [1.807, 2.05) is 17.0 Å². The number of rotatable bonds is 6. The standard InChI is InChI=1S/C24H29N3O3/c1-16-5-7-17(8-6-16)23-22-19(20-15-18(30-3)9-10-21(20)26-22)11-13-27(23)24(28)25-12-4-14-29-2/h5-10,15,23,26H,4,11-14H2,1-3H3,(H,25,28). The highest BCUT2D eigenvalue weighted by Gasteiger charge is 2.34. The Labute approximate surface area is 177 Å². The molecule has 3 aromatic rings. The van der Waals surface area contributed by atoms with Crippen molar-refractivity contribution < 1.29 is 14.3 Å². The van der Waals surface area contributed by atoms with Crippen LogP contribution in [0.25, 0.3) is 10.9 Å². The monoisotopic (exact) mass is 407 g/mol. The Hall–Kier alpha value is -2.99. The lowest BCUT2D eigenvalue weighted by molar-refractivity contribution is 0.173. The number of carbonyl (C=O) groups is 1. The maximum atomic E-state index is 13.1. The van der Waals surface area contributed by atoms with E-state index in [1.54, 1.807) is 14.2 Å². The van der Waals surface area contributed by atoms with E-state index in [-0.39, 0.29) is 12.1 Å². The van der Waals surface area contributed by atoms with Crippen LogP contribution in [0.3, 0.4) is 0 Å². The number of hydrogen-bond donors (Lipinski definition) is 2. The minimum absolute atomic E-state index is 0.0430. The highest BCUT2D eigenvalue weighted by Crippen LogP contribution is 2.39. The summed E-state index contributed by atoms with van der Waals surface area (Å²) < 4.78 is 10.5. The molecule has 0 aliphatic carbocycles. The summed E-state index contributed by atoms with van der Waals surface area (Å²) in [6.07, 6.45) is 1.60. The quantitative estimate of drug-likeness (QED) is 0.603. The molecule has 0 saturated carbocycles. The first-order chi connectivity index (χ1) is 14.6. The van der Waals surface area contributed by atoms with Crippen LogP contribution in [0.5, 0.6) is 5.75 Å². The van der Waals surface area contributed by atoms with Gasteiger partial charge in [-0.3, -0.25) is 0 Å². The van der Waals surface area contributed by atoms with Gasteiger partial charge < -0.3 is 24.7 Å². The predicted octanol–water partition coefficient (Wildman–Crippen LogP) is 4.18. The molecule has 1 aliphatic rings. The number of amides is 2. The number of aryl methyl sites for hydroxylation is 1. The minimum Gasteiger partial charge on any atom is -0.497 e. The second-order valence-electron chi connectivity index (χ2n) is 7.76. The van der Waals surface area contributed by atoms with E-state index < -0.39 is 0 Å². The van der Waals surface area contributed by atoms with Gasteiger partial charge in [-0.05, 0) is 49.1 Å². The Morgan fingerprint density at radius 3 is 2.73 bits per heavy atom. The molecule has 2 amide bonds. The fraction of sp³-hybridized carbons (Fsp3) is 0.375. The third-order valence-corrected chi connectivity index (χ3v) is 5.79. The molecule has 1 atom stereocenters. The maximum Gasteiger partial charge on any atom is 0.318 e. The second kappa shape index (κ2) is 8.79. The van der Waals surface area contributed by atoms with E-state index >= 15 is 0 Å². The molecule has 1 unspecified atom stereocenters. The van der Waals surface area contributed by atoms with Crippen molar-refractivity contribution in [3.63, 3.8) is 0 Å². The molecule has 2 heterocycles. The van der Waals surface area contributed by atoms with Crippen LogP contribution < -0.4 is 10.1 Å². The zero-order valence-electron chi connectivity index (χ0n) is 17.8.